The molecule has 1 amide bonds. The molecule has 0 spiro atoms. The molecule has 2 N–H and O–H groups in total. The van der Waals surface area contributed by atoms with Crippen molar-refractivity contribution in [2.75, 3.05) is 17.7 Å². The number of hydrogen-bond donors (Lipinski definition) is 2. The maximum absolute atomic E-state index is 14.7. The smallest absolute Gasteiger partial charge is 0.421 e. The van der Waals surface area contributed by atoms with Gasteiger partial charge in [-0.2, -0.15) is 18.3 Å². The Bertz CT molecular complexity index is 1390. The summed E-state index contributed by atoms with van der Waals surface area (Å²) in [5, 5.41) is 9.32. The number of ether oxygens (including phenoxy) is 1. The number of amides is 1. The van der Waals surface area contributed by atoms with Crippen LogP contribution in [0.1, 0.15) is 11.1 Å². The van der Waals surface area contributed by atoms with Crippen LogP contribution in [-0.2, 0) is 24.4 Å². The number of benzene rings is 1. The van der Waals surface area contributed by atoms with Crippen molar-refractivity contribution >= 4 is 23.2 Å². The molecule has 0 aliphatic carbocycles. The van der Waals surface area contributed by atoms with E-state index in [-0.39, 0.29) is 11.3 Å². The average Bonchev–Trinajstić information content (AvgIpc) is 3.24. The van der Waals surface area contributed by atoms with Crippen molar-refractivity contribution in [2.45, 2.75) is 12.6 Å². The molecule has 4 rings (SSSR count). The third kappa shape index (κ3) is 5.74. The fourth-order valence-electron chi connectivity index (χ4n) is 3.29. The van der Waals surface area contributed by atoms with Gasteiger partial charge in [0.15, 0.2) is 0 Å². The van der Waals surface area contributed by atoms with Crippen molar-refractivity contribution in [2.24, 2.45) is 7.05 Å². The maximum Gasteiger partial charge on any atom is 0.421 e. The zero-order chi connectivity index (χ0) is 25.9. The summed E-state index contributed by atoms with van der Waals surface area (Å²) < 4.78 is 60.4. The topological polar surface area (TPSA) is 107 Å². The highest BCUT2D eigenvalue weighted by atomic mass is 19.4. The van der Waals surface area contributed by atoms with Crippen molar-refractivity contribution in [1.82, 2.24) is 24.7 Å². The number of alkyl halides is 3. The summed E-state index contributed by atoms with van der Waals surface area (Å²) >= 11 is 0. The third-order valence-electron chi connectivity index (χ3n) is 4.98. The summed E-state index contributed by atoms with van der Waals surface area (Å²) in [6.45, 7) is 0. The third-order valence-corrected chi connectivity index (χ3v) is 4.98. The van der Waals surface area contributed by atoms with Crippen LogP contribution in [0.5, 0.6) is 5.88 Å². The van der Waals surface area contributed by atoms with Gasteiger partial charge in [0.1, 0.15) is 11.4 Å². The van der Waals surface area contributed by atoms with E-state index in [1.807, 2.05) is 0 Å². The van der Waals surface area contributed by atoms with Crippen molar-refractivity contribution in [3.05, 3.63) is 72.2 Å². The number of pyridine rings is 1. The molecule has 0 bridgehead atoms. The predicted molar refractivity (Wildman–Crippen MR) is 122 cm³/mol. The lowest BCUT2D eigenvalue weighted by Gasteiger charge is -2.13. The van der Waals surface area contributed by atoms with Crippen LogP contribution in [0.25, 0.3) is 11.1 Å². The van der Waals surface area contributed by atoms with E-state index in [9.17, 15) is 22.4 Å². The van der Waals surface area contributed by atoms with E-state index >= 15 is 0 Å². The highest BCUT2D eigenvalue weighted by Gasteiger charge is 2.35. The maximum atomic E-state index is 14.7. The molecule has 3 aromatic heterocycles. The molecule has 0 unspecified atom stereocenters. The van der Waals surface area contributed by atoms with Gasteiger partial charge < -0.3 is 15.4 Å². The minimum Gasteiger partial charge on any atom is -0.481 e. The van der Waals surface area contributed by atoms with Crippen molar-refractivity contribution in [1.29, 1.82) is 0 Å². The lowest BCUT2D eigenvalue weighted by atomic mass is 10.0. The molecule has 36 heavy (non-hydrogen) atoms. The van der Waals surface area contributed by atoms with Crippen molar-refractivity contribution in [3.63, 3.8) is 0 Å². The molecule has 0 saturated heterocycles. The standard InChI is InChI=1S/C23H19F4N7O2/c1-34-12-17(11-31-34)33-22-29-8-15(9-30-22)13-3-4-14(19(24)5-13)6-20(35)32-16-7-18(23(25,26)27)21(36-2)28-10-16/h3-5,7-12H,6H2,1-2H3,(H,32,35)(H,29,30,33). The lowest BCUT2D eigenvalue weighted by Crippen LogP contribution is -2.17. The van der Waals surface area contributed by atoms with Crippen LogP contribution < -0.4 is 15.4 Å². The normalized spacial score (nSPS) is 11.3. The van der Waals surface area contributed by atoms with E-state index in [1.165, 1.54) is 24.5 Å². The number of carbonyl (C=O) groups is 1. The number of methoxy groups -OCH3 is 1. The number of halogens is 4. The van der Waals surface area contributed by atoms with E-state index in [1.54, 1.807) is 30.2 Å². The highest BCUT2D eigenvalue weighted by molar-refractivity contribution is 5.92. The first-order valence-corrected chi connectivity index (χ1v) is 10.4. The molecule has 4 aromatic rings. The monoisotopic (exact) mass is 501 g/mol. The van der Waals surface area contributed by atoms with Gasteiger partial charge in [0, 0.05) is 31.2 Å². The lowest BCUT2D eigenvalue weighted by molar-refractivity contribution is -0.139. The molecule has 3 heterocycles. The average molecular weight is 501 g/mol. The predicted octanol–water partition coefficient (Wildman–Crippen LogP) is 4.36. The van der Waals surface area contributed by atoms with Crippen LogP contribution in [0.4, 0.5) is 34.9 Å². The van der Waals surface area contributed by atoms with Gasteiger partial charge in [-0.1, -0.05) is 12.1 Å². The van der Waals surface area contributed by atoms with Crippen molar-refractivity contribution < 1.29 is 27.1 Å². The summed E-state index contributed by atoms with van der Waals surface area (Å²) in [7, 11) is 2.83. The SMILES string of the molecule is COc1ncc(NC(=O)Cc2ccc(-c3cnc(Nc4cnn(C)c4)nc3)cc2F)cc1C(F)(F)F. The summed E-state index contributed by atoms with van der Waals surface area (Å²) in [6.07, 6.45) is 2.30. The molecule has 0 aliphatic heterocycles. The Balaban J connectivity index is 1.43. The highest BCUT2D eigenvalue weighted by Crippen LogP contribution is 2.36. The molecule has 0 atom stereocenters. The van der Waals surface area contributed by atoms with Crippen LogP contribution >= 0.6 is 0 Å². The Kier molecular flexibility index (Phi) is 6.81. The second-order valence-corrected chi connectivity index (χ2v) is 7.63. The zero-order valence-electron chi connectivity index (χ0n) is 19.0. The summed E-state index contributed by atoms with van der Waals surface area (Å²) in [5.74, 6) is -1.66. The quantitative estimate of drug-likeness (QED) is 0.363. The Hall–Kier alpha value is -4.55. The van der Waals surface area contributed by atoms with Gasteiger partial charge in [-0.3, -0.25) is 9.48 Å². The number of aryl methyl sites for hydroxylation is 1. The van der Waals surface area contributed by atoms with E-state index in [0.29, 0.717) is 28.8 Å². The van der Waals surface area contributed by atoms with E-state index in [0.717, 1.165) is 13.3 Å². The number of anilines is 3. The minimum absolute atomic E-state index is 0.0598. The van der Waals surface area contributed by atoms with Crippen LogP contribution in [0, 0.1) is 5.82 Å². The molecule has 0 radical (unpaired) electrons. The summed E-state index contributed by atoms with van der Waals surface area (Å²) in [6, 6.07) is 4.94. The molecule has 0 saturated carbocycles. The van der Waals surface area contributed by atoms with Crippen LogP contribution in [0.2, 0.25) is 0 Å². The Labute approximate surface area is 202 Å². The zero-order valence-corrected chi connectivity index (χ0v) is 19.0. The van der Waals surface area contributed by atoms with Gasteiger partial charge in [0.25, 0.3) is 0 Å². The molecular weight excluding hydrogens is 482 g/mol. The molecule has 0 fully saturated rings. The first kappa shape index (κ1) is 24.6. The van der Waals surface area contributed by atoms with Gasteiger partial charge in [-0.25, -0.2) is 19.3 Å². The first-order chi connectivity index (χ1) is 17.1. The molecule has 13 heteroatoms. The molecule has 9 nitrogen and oxygen atoms in total. The number of rotatable bonds is 7. The fraction of sp³-hybridized carbons (Fsp3) is 0.174. The Morgan fingerprint density at radius 2 is 1.78 bits per heavy atom. The van der Waals surface area contributed by atoms with E-state index in [4.69, 9.17) is 0 Å². The van der Waals surface area contributed by atoms with Gasteiger partial charge in [0.2, 0.25) is 17.7 Å². The second kappa shape index (κ2) is 9.98. The summed E-state index contributed by atoms with van der Waals surface area (Å²) in [5.41, 5.74) is 0.470. The van der Waals surface area contributed by atoms with Crippen LogP contribution in [0.15, 0.2) is 55.2 Å². The number of hydrogen-bond acceptors (Lipinski definition) is 7. The number of carbonyl (C=O) groups excluding carboxylic acids is 1. The van der Waals surface area contributed by atoms with E-state index < -0.39 is 35.8 Å². The van der Waals surface area contributed by atoms with Gasteiger partial charge in [0.05, 0.1) is 37.3 Å². The van der Waals surface area contributed by atoms with Gasteiger partial charge in [-0.15, -0.1) is 0 Å². The second-order valence-electron chi connectivity index (χ2n) is 7.63. The first-order valence-electron chi connectivity index (χ1n) is 10.4. The molecular formula is C23H19F4N7O2. The van der Waals surface area contributed by atoms with Gasteiger partial charge in [-0.05, 0) is 23.3 Å². The van der Waals surface area contributed by atoms with Gasteiger partial charge >= 0.3 is 6.18 Å². The van der Waals surface area contributed by atoms with Crippen LogP contribution in [-0.4, -0.2) is 37.7 Å². The van der Waals surface area contributed by atoms with Crippen LogP contribution in [0.3, 0.4) is 0 Å². The van der Waals surface area contributed by atoms with Crippen molar-refractivity contribution in [3.8, 4) is 17.0 Å². The largest absolute Gasteiger partial charge is 0.481 e. The Morgan fingerprint density at radius 3 is 2.39 bits per heavy atom. The number of nitrogens with one attached hydrogen (secondary N) is 2. The number of nitrogens with zero attached hydrogens (tertiary/aromatic N) is 5. The minimum atomic E-state index is -4.72. The number of aromatic nitrogens is 5. The van der Waals surface area contributed by atoms with E-state index in [2.05, 4.69) is 35.4 Å². The molecule has 186 valence electrons. The Morgan fingerprint density at radius 1 is 1.03 bits per heavy atom. The fourth-order valence-corrected chi connectivity index (χ4v) is 3.29. The molecule has 0 aliphatic rings. The molecule has 1 aromatic carbocycles. The summed E-state index contributed by atoms with van der Waals surface area (Å²) in [4.78, 5) is 24.3.